The van der Waals surface area contributed by atoms with Crippen LogP contribution in [0.2, 0.25) is 10.0 Å². The zero-order valence-corrected chi connectivity index (χ0v) is 8.69. The molecule has 0 bridgehead atoms. The maximum Gasteiger partial charge on any atom is 0.179 e. The number of aromatic hydroxyl groups is 1. The van der Waals surface area contributed by atoms with Crippen LogP contribution in [0.15, 0.2) is 12.1 Å². The van der Waals surface area contributed by atoms with Crippen molar-refractivity contribution in [2.45, 2.75) is 13.3 Å². The van der Waals surface area contributed by atoms with Gasteiger partial charge in [-0.15, -0.1) is 0 Å². The van der Waals surface area contributed by atoms with E-state index in [0.29, 0.717) is 22.4 Å². The van der Waals surface area contributed by atoms with E-state index in [2.05, 4.69) is 0 Å². The number of hydrogen-bond acceptors (Lipinski definition) is 2. The smallest absolute Gasteiger partial charge is 0.179 e. The third-order valence-electron chi connectivity index (χ3n) is 1.44. The first-order valence-corrected chi connectivity index (χ1v) is 4.71. The van der Waals surface area contributed by atoms with Crippen LogP contribution >= 0.6 is 23.2 Å². The lowest BCUT2D eigenvalue weighted by Gasteiger charge is -2.08. The molecule has 0 aliphatic heterocycles. The Hall–Kier alpha value is -0.600. The van der Waals surface area contributed by atoms with E-state index < -0.39 is 0 Å². The van der Waals surface area contributed by atoms with Crippen LogP contribution in [-0.2, 0) is 0 Å². The van der Waals surface area contributed by atoms with Crippen molar-refractivity contribution in [2.24, 2.45) is 0 Å². The van der Waals surface area contributed by atoms with E-state index in [9.17, 15) is 5.11 Å². The largest absolute Gasteiger partial charge is 0.504 e. The molecule has 0 aliphatic rings. The van der Waals surface area contributed by atoms with Crippen molar-refractivity contribution in [3.05, 3.63) is 22.2 Å². The molecule has 2 nitrogen and oxygen atoms in total. The number of phenols is 1. The molecular formula is C9H10Cl2O2. The van der Waals surface area contributed by atoms with Crippen molar-refractivity contribution in [3.8, 4) is 11.5 Å². The van der Waals surface area contributed by atoms with Gasteiger partial charge in [0, 0.05) is 11.1 Å². The Morgan fingerprint density at radius 3 is 2.62 bits per heavy atom. The molecule has 0 heterocycles. The molecule has 0 aromatic heterocycles. The Labute approximate surface area is 87.0 Å². The summed E-state index contributed by atoms with van der Waals surface area (Å²) in [6.45, 7) is 2.50. The van der Waals surface area contributed by atoms with Crippen molar-refractivity contribution in [3.63, 3.8) is 0 Å². The van der Waals surface area contributed by atoms with Crippen LogP contribution in [0, 0.1) is 0 Å². The topological polar surface area (TPSA) is 29.5 Å². The normalized spacial score (nSPS) is 10.1. The zero-order valence-electron chi connectivity index (χ0n) is 7.18. The SMILES string of the molecule is CCCOc1c(O)cc(Cl)cc1Cl. The molecule has 0 unspecified atom stereocenters. The van der Waals surface area contributed by atoms with E-state index >= 15 is 0 Å². The molecule has 0 fully saturated rings. The minimum atomic E-state index is -0.0223. The van der Waals surface area contributed by atoms with Crippen LogP contribution in [0.1, 0.15) is 13.3 Å². The summed E-state index contributed by atoms with van der Waals surface area (Å²) in [5.41, 5.74) is 0. The van der Waals surface area contributed by atoms with Crippen molar-refractivity contribution >= 4 is 23.2 Å². The monoisotopic (exact) mass is 220 g/mol. The lowest BCUT2D eigenvalue weighted by molar-refractivity contribution is 0.299. The summed E-state index contributed by atoms with van der Waals surface area (Å²) >= 11 is 11.5. The molecule has 0 saturated heterocycles. The van der Waals surface area contributed by atoms with Crippen molar-refractivity contribution < 1.29 is 9.84 Å². The quantitative estimate of drug-likeness (QED) is 0.846. The molecular weight excluding hydrogens is 211 g/mol. The first kappa shape index (κ1) is 10.5. The predicted octanol–water partition coefficient (Wildman–Crippen LogP) is 3.49. The lowest BCUT2D eigenvalue weighted by Crippen LogP contribution is -1.95. The second kappa shape index (κ2) is 4.58. The Bertz CT molecular complexity index is 277. The molecule has 1 rings (SSSR count). The second-order valence-electron chi connectivity index (χ2n) is 2.58. The first-order valence-electron chi connectivity index (χ1n) is 3.96. The minimum absolute atomic E-state index is 0.0223. The van der Waals surface area contributed by atoms with Gasteiger partial charge in [-0.25, -0.2) is 0 Å². The van der Waals surface area contributed by atoms with E-state index in [0.717, 1.165) is 6.42 Å². The third-order valence-corrected chi connectivity index (χ3v) is 1.94. The molecule has 0 spiro atoms. The average molecular weight is 221 g/mol. The van der Waals surface area contributed by atoms with E-state index in [1.54, 1.807) is 0 Å². The minimum Gasteiger partial charge on any atom is -0.504 e. The molecule has 0 atom stereocenters. The molecule has 1 N–H and O–H groups in total. The van der Waals surface area contributed by atoms with Gasteiger partial charge in [0.2, 0.25) is 0 Å². The van der Waals surface area contributed by atoms with E-state index in [1.807, 2.05) is 6.92 Å². The van der Waals surface area contributed by atoms with Gasteiger partial charge in [-0.2, -0.15) is 0 Å². The third kappa shape index (κ3) is 2.68. The highest BCUT2D eigenvalue weighted by Gasteiger charge is 2.08. The maximum atomic E-state index is 9.40. The van der Waals surface area contributed by atoms with Gasteiger partial charge in [0.1, 0.15) is 0 Å². The van der Waals surface area contributed by atoms with Gasteiger partial charge in [-0.1, -0.05) is 30.1 Å². The Morgan fingerprint density at radius 1 is 1.38 bits per heavy atom. The lowest BCUT2D eigenvalue weighted by atomic mass is 10.3. The highest BCUT2D eigenvalue weighted by atomic mass is 35.5. The molecule has 4 heteroatoms. The highest BCUT2D eigenvalue weighted by Crippen LogP contribution is 2.37. The summed E-state index contributed by atoms with van der Waals surface area (Å²) in [5.74, 6) is 0.277. The molecule has 72 valence electrons. The fourth-order valence-corrected chi connectivity index (χ4v) is 1.43. The Kier molecular flexibility index (Phi) is 3.70. The predicted molar refractivity (Wildman–Crippen MR) is 53.9 cm³/mol. The van der Waals surface area contributed by atoms with E-state index in [1.165, 1.54) is 12.1 Å². The van der Waals surface area contributed by atoms with Crippen LogP contribution in [0.25, 0.3) is 0 Å². The summed E-state index contributed by atoms with van der Waals surface area (Å²) < 4.78 is 5.23. The van der Waals surface area contributed by atoms with Crippen LogP contribution < -0.4 is 4.74 Å². The van der Waals surface area contributed by atoms with E-state index in [4.69, 9.17) is 27.9 Å². The number of halogens is 2. The number of benzene rings is 1. The highest BCUT2D eigenvalue weighted by molar-refractivity contribution is 6.35. The van der Waals surface area contributed by atoms with Crippen LogP contribution in [0.3, 0.4) is 0 Å². The van der Waals surface area contributed by atoms with Gasteiger partial charge >= 0.3 is 0 Å². The Balaban J connectivity index is 2.92. The molecule has 0 saturated carbocycles. The fourth-order valence-electron chi connectivity index (χ4n) is 0.894. The standard InChI is InChI=1S/C9H10Cl2O2/c1-2-3-13-9-7(11)4-6(10)5-8(9)12/h4-5,12H,2-3H2,1H3. The molecule has 13 heavy (non-hydrogen) atoms. The second-order valence-corrected chi connectivity index (χ2v) is 3.43. The van der Waals surface area contributed by atoms with Crippen LogP contribution in [-0.4, -0.2) is 11.7 Å². The summed E-state index contributed by atoms with van der Waals surface area (Å²) in [5, 5.41) is 10.1. The number of hydrogen-bond donors (Lipinski definition) is 1. The molecule has 0 amide bonds. The van der Waals surface area contributed by atoms with Crippen molar-refractivity contribution in [1.29, 1.82) is 0 Å². The van der Waals surface area contributed by atoms with Gasteiger partial charge in [0.15, 0.2) is 11.5 Å². The molecule has 0 aliphatic carbocycles. The number of rotatable bonds is 3. The van der Waals surface area contributed by atoms with Gasteiger partial charge in [-0.05, 0) is 12.5 Å². The first-order chi connectivity index (χ1) is 6.15. The summed E-state index contributed by atoms with van der Waals surface area (Å²) in [7, 11) is 0. The average Bonchev–Trinajstić information content (AvgIpc) is 2.02. The van der Waals surface area contributed by atoms with Gasteiger partial charge in [0.25, 0.3) is 0 Å². The molecule has 1 aromatic carbocycles. The van der Waals surface area contributed by atoms with E-state index in [-0.39, 0.29) is 5.75 Å². The molecule has 1 aromatic rings. The zero-order chi connectivity index (χ0) is 9.84. The van der Waals surface area contributed by atoms with Crippen molar-refractivity contribution in [2.75, 3.05) is 6.61 Å². The van der Waals surface area contributed by atoms with Crippen molar-refractivity contribution in [1.82, 2.24) is 0 Å². The maximum absolute atomic E-state index is 9.40. The molecule has 0 radical (unpaired) electrons. The number of phenolic OH excluding ortho intramolecular Hbond substituents is 1. The van der Waals surface area contributed by atoms with Gasteiger partial charge < -0.3 is 9.84 Å². The summed E-state index contributed by atoms with van der Waals surface area (Å²) in [6, 6.07) is 2.94. The van der Waals surface area contributed by atoms with Gasteiger partial charge in [0.05, 0.1) is 11.6 Å². The van der Waals surface area contributed by atoms with Crippen LogP contribution in [0.5, 0.6) is 11.5 Å². The Morgan fingerprint density at radius 2 is 2.08 bits per heavy atom. The summed E-state index contributed by atoms with van der Waals surface area (Å²) in [4.78, 5) is 0. The number of ether oxygens (including phenoxy) is 1. The summed E-state index contributed by atoms with van der Waals surface area (Å²) in [6.07, 6.45) is 0.860. The van der Waals surface area contributed by atoms with Crippen LogP contribution in [0.4, 0.5) is 0 Å². The fraction of sp³-hybridized carbons (Fsp3) is 0.333. The van der Waals surface area contributed by atoms with Gasteiger partial charge in [-0.3, -0.25) is 0 Å².